The van der Waals surface area contributed by atoms with Crippen LogP contribution < -0.4 is 10.0 Å². The molecule has 3 aromatic rings. The fraction of sp³-hybridized carbons (Fsp3) is 0.136. The molecular formula is C22H20Cl2N2O3S2. The maximum Gasteiger partial charge on any atom is 0.261 e. The summed E-state index contributed by atoms with van der Waals surface area (Å²) < 4.78 is 27.4. The summed E-state index contributed by atoms with van der Waals surface area (Å²) in [6, 6.07) is 19.8. The van der Waals surface area contributed by atoms with Crippen molar-refractivity contribution >= 4 is 56.6 Å². The van der Waals surface area contributed by atoms with Crippen molar-refractivity contribution in [3.8, 4) is 0 Å². The smallest absolute Gasteiger partial charge is 0.261 e. The van der Waals surface area contributed by atoms with E-state index in [1.54, 1.807) is 60.3 Å². The summed E-state index contributed by atoms with van der Waals surface area (Å²) in [6.45, 7) is 0.467. The Bertz CT molecular complexity index is 1160. The number of halogens is 2. The number of anilines is 1. The zero-order valence-corrected chi connectivity index (χ0v) is 19.5. The Hall–Kier alpha value is -2.19. The molecule has 0 radical (unpaired) electrons. The van der Waals surface area contributed by atoms with Crippen LogP contribution in [0.4, 0.5) is 5.69 Å². The molecule has 1 amide bonds. The van der Waals surface area contributed by atoms with Gasteiger partial charge in [-0.05, 0) is 48.0 Å². The average Bonchev–Trinajstić information content (AvgIpc) is 2.75. The highest BCUT2D eigenvalue weighted by Gasteiger charge is 2.14. The van der Waals surface area contributed by atoms with Crippen LogP contribution in [0.25, 0.3) is 0 Å². The maximum absolute atomic E-state index is 12.5. The third kappa shape index (κ3) is 6.90. The van der Waals surface area contributed by atoms with E-state index in [0.717, 1.165) is 5.56 Å². The van der Waals surface area contributed by atoms with Gasteiger partial charge in [-0.1, -0.05) is 53.5 Å². The third-order valence-corrected chi connectivity index (χ3v) is 7.23. The number of hydrogen-bond acceptors (Lipinski definition) is 4. The Balaban J connectivity index is 1.51. The number of carbonyl (C=O) groups excluding carboxylic acids is 1. The summed E-state index contributed by atoms with van der Waals surface area (Å²) in [4.78, 5) is 12.6. The SMILES string of the molecule is O=C(NCCSCc1ccc(Cl)cc1Cl)c1cccc(NS(=O)(=O)c2ccccc2)c1. The van der Waals surface area contributed by atoms with Gasteiger partial charge >= 0.3 is 0 Å². The molecule has 162 valence electrons. The van der Waals surface area contributed by atoms with Gasteiger partial charge in [0, 0.05) is 39.3 Å². The molecule has 0 saturated carbocycles. The summed E-state index contributed by atoms with van der Waals surface area (Å²) in [7, 11) is -3.72. The number of carbonyl (C=O) groups is 1. The fourth-order valence-electron chi connectivity index (χ4n) is 2.70. The zero-order valence-electron chi connectivity index (χ0n) is 16.3. The van der Waals surface area contributed by atoms with Crippen molar-refractivity contribution in [3.05, 3.63) is 94.0 Å². The molecule has 0 unspecified atom stereocenters. The van der Waals surface area contributed by atoms with E-state index in [2.05, 4.69) is 10.0 Å². The number of rotatable bonds is 9. The van der Waals surface area contributed by atoms with E-state index in [9.17, 15) is 13.2 Å². The Kier molecular flexibility index (Phi) is 8.26. The first kappa shape index (κ1) is 23.5. The number of nitrogens with one attached hydrogen (secondary N) is 2. The highest BCUT2D eigenvalue weighted by molar-refractivity contribution is 7.98. The third-order valence-electron chi connectivity index (χ3n) is 4.24. The quantitative estimate of drug-likeness (QED) is 0.387. The number of thioether (sulfide) groups is 1. The normalized spacial score (nSPS) is 11.2. The molecule has 0 aliphatic heterocycles. The predicted molar refractivity (Wildman–Crippen MR) is 129 cm³/mol. The standard InChI is InChI=1S/C22H20Cl2N2O3S2/c23-18-10-9-17(21(24)14-18)15-30-12-11-25-22(27)16-5-4-6-19(13-16)26-31(28,29)20-7-2-1-3-8-20/h1-10,13-14,26H,11-12,15H2,(H,25,27). The van der Waals surface area contributed by atoms with Gasteiger partial charge in [0.25, 0.3) is 15.9 Å². The minimum absolute atomic E-state index is 0.155. The lowest BCUT2D eigenvalue weighted by atomic mass is 10.2. The van der Waals surface area contributed by atoms with E-state index < -0.39 is 10.0 Å². The van der Waals surface area contributed by atoms with Crippen molar-refractivity contribution in [1.82, 2.24) is 5.32 Å². The van der Waals surface area contributed by atoms with Gasteiger partial charge in [-0.3, -0.25) is 9.52 Å². The van der Waals surface area contributed by atoms with Crippen LogP contribution in [0.5, 0.6) is 0 Å². The van der Waals surface area contributed by atoms with Crippen molar-refractivity contribution in [2.45, 2.75) is 10.6 Å². The Morgan fingerprint density at radius 1 is 0.935 bits per heavy atom. The topological polar surface area (TPSA) is 75.3 Å². The monoisotopic (exact) mass is 494 g/mol. The summed E-state index contributed by atoms with van der Waals surface area (Å²) in [6.07, 6.45) is 0. The van der Waals surface area contributed by atoms with E-state index in [-0.39, 0.29) is 10.8 Å². The Morgan fingerprint density at radius 3 is 2.45 bits per heavy atom. The van der Waals surface area contributed by atoms with Crippen LogP contribution in [0, 0.1) is 0 Å². The van der Waals surface area contributed by atoms with Gasteiger partial charge in [0.15, 0.2) is 0 Å². The molecule has 3 aromatic carbocycles. The molecule has 0 heterocycles. The summed E-state index contributed by atoms with van der Waals surface area (Å²) in [5, 5.41) is 4.06. The molecule has 0 spiro atoms. The number of benzene rings is 3. The zero-order chi connectivity index (χ0) is 22.3. The van der Waals surface area contributed by atoms with Crippen LogP contribution in [0.1, 0.15) is 15.9 Å². The highest BCUT2D eigenvalue weighted by atomic mass is 35.5. The first-order valence-corrected chi connectivity index (χ1v) is 12.7. The van der Waals surface area contributed by atoms with Crippen molar-refractivity contribution in [2.75, 3.05) is 17.0 Å². The molecule has 3 rings (SSSR count). The molecule has 0 fully saturated rings. The van der Waals surface area contributed by atoms with E-state index in [1.165, 1.54) is 18.2 Å². The molecule has 9 heteroatoms. The van der Waals surface area contributed by atoms with E-state index in [4.69, 9.17) is 23.2 Å². The lowest BCUT2D eigenvalue weighted by Gasteiger charge is -2.10. The van der Waals surface area contributed by atoms with Gasteiger partial charge in [0.1, 0.15) is 0 Å². The second kappa shape index (κ2) is 10.9. The molecule has 0 bridgehead atoms. The van der Waals surface area contributed by atoms with E-state index in [1.807, 2.05) is 6.07 Å². The van der Waals surface area contributed by atoms with Gasteiger partial charge in [-0.25, -0.2) is 8.42 Å². The van der Waals surface area contributed by atoms with Gasteiger partial charge in [-0.15, -0.1) is 0 Å². The second-order valence-electron chi connectivity index (χ2n) is 6.54. The molecule has 0 aromatic heterocycles. The highest BCUT2D eigenvalue weighted by Crippen LogP contribution is 2.24. The van der Waals surface area contributed by atoms with Crippen LogP contribution in [0.2, 0.25) is 10.0 Å². The van der Waals surface area contributed by atoms with Crippen molar-refractivity contribution in [1.29, 1.82) is 0 Å². The van der Waals surface area contributed by atoms with Gasteiger partial charge in [-0.2, -0.15) is 11.8 Å². The number of amides is 1. The molecule has 0 aliphatic rings. The molecule has 0 saturated heterocycles. The van der Waals surface area contributed by atoms with Crippen LogP contribution in [0.3, 0.4) is 0 Å². The Labute approximate surface area is 196 Å². The minimum Gasteiger partial charge on any atom is -0.351 e. The van der Waals surface area contributed by atoms with Crippen LogP contribution in [-0.2, 0) is 15.8 Å². The maximum atomic E-state index is 12.5. The summed E-state index contributed by atoms with van der Waals surface area (Å²) in [5.41, 5.74) is 1.68. The minimum atomic E-state index is -3.72. The van der Waals surface area contributed by atoms with Gasteiger partial charge in [0.2, 0.25) is 0 Å². The first-order chi connectivity index (χ1) is 14.8. The summed E-state index contributed by atoms with van der Waals surface area (Å²) >= 11 is 13.7. The molecule has 5 nitrogen and oxygen atoms in total. The van der Waals surface area contributed by atoms with Crippen LogP contribution >= 0.6 is 35.0 Å². The second-order valence-corrected chi connectivity index (χ2v) is 10.2. The molecule has 0 aliphatic carbocycles. The molecule has 31 heavy (non-hydrogen) atoms. The average molecular weight is 495 g/mol. The van der Waals surface area contributed by atoms with Gasteiger partial charge < -0.3 is 5.32 Å². The van der Waals surface area contributed by atoms with Gasteiger partial charge in [0.05, 0.1) is 4.90 Å². The molecule has 2 N–H and O–H groups in total. The van der Waals surface area contributed by atoms with Crippen molar-refractivity contribution in [2.24, 2.45) is 0 Å². The lowest BCUT2D eigenvalue weighted by molar-refractivity contribution is 0.0956. The molecule has 0 atom stereocenters. The largest absolute Gasteiger partial charge is 0.351 e. The van der Waals surface area contributed by atoms with Crippen molar-refractivity contribution < 1.29 is 13.2 Å². The van der Waals surface area contributed by atoms with Crippen molar-refractivity contribution in [3.63, 3.8) is 0 Å². The fourth-order valence-corrected chi connectivity index (χ4v) is 5.18. The van der Waals surface area contributed by atoms with Crippen LogP contribution in [0.15, 0.2) is 77.7 Å². The van der Waals surface area contributed by atoms with E-state index >= 15 is 0 Å². The predicted octanol–water partition coefficient (Wildman–Crippen LogP) is 5.46. The molecular weight excluding hydrogens is 475 g/mol. The van der Waals surface area contributed by atoms with Crippen LogP contribution in [-0.4, -0.2) is 26.6 Å². The van der Waals surface area contributed by atoms with E-state index in [0.29, 0.717) is 39.3 Å². The number of hydrogen-bond donors (Lipinski definition) is 2. The Morgan fingerprint density at radius 2 is 1.71 bits per heavy atom. The lowest BCUT2D eigenvalue weighted by Crippen LogP contribution is -2.26. The first-order valence-electron chi connectivity index (χ1n) is 9.33. The number of sulfonamides is 1. The summed E-state index contributed by atoms with van der Waals surface area (Å²) in [5.74, 6) is 1.14.